The van der Waals surface area contributed by atoms with Gasteiger partial charge >= 0.3 is 5.97 Å². The maximum atomic E-state index is 12.0. The van der Waals surface area contributed by atoms with Crippen molar-refractivity contribution in [1.82, 2.24) is 4.90 Å². The molecule has 0 aromatic carbocycles. The van der Waals surface area contributed by atoms with E-state index >= 15 is 0 Å². The van der Waals surface area contributed by atoms with Gasteiger partial charge < -0.3 is 19.5 Å². The van der Waals surface area contributed by atoms with E-state index in [0.717, 1.165) is 6.42 Å². The fourth-order valence-corrected chi connectivity index (χ4v) is 1.80. The van der Waals surface area contributed by atoms with Crippen LogP contribution in [-0.2, 0) is 19.1 Å². The molecule has 0 saturated carbocycles. The van der Waals surface area contributed by atoms with Gasteiger partial charge in [-0.05, 0) is 6.42 Å². The van der Waals surface area contributed by atoms with E-state index in [1.165, 1.54) is 14.2 Å². The number of carboxylic acids is 1. The van der Waals surface area contributed by atoms with Crippen LogP contribution in [0, 0.1) is 12.3 Å². The molecule has 6 nitrogen and oxygen atoms in total. The van der Waals surface area contributed by atoms with Gasteiger partial charge in [0.05, 0.1) is 13.0 Å². The summed E-state index contributed by atoms with van der Waals surface area (Å²) in [5.41, 5.74) is 0. The van der Waals surface area contributed by atoms with Gasteiger partial charge in [-0.2, -0.15) is 0 Å². The topological polar surface area (TPSA) is 76.1 Å². The number of rotatable bonds is 10. The molecule has 0 spiro atoms. The van der Waals surface area contributed by atoms with E-state index in [9.17, 15) is 9.59 Å². The molecule has 0 aliphatic rings. The average molecular weight is 285 g/mol. The van der Waals surface area contributed by atoms with Gasteiger partial charge in [-0.3, -0.25) is 9.59 Å². The van der Waals surface area contributed by atoms with Crippen LogP contribution in [-0.4, -0.2) is 61.4 Å². The molecule has 0 aliphatic carbocycles. The Bertz CT molecular complexity index is 350. The number of aliphatic carboxylic acids is 1. The highest BCUT2D eigenvalue weighted by Gasteiger charge is 2.24. The van der Waals surface area contributed by atoms with E-state index in [2.05, 4.69) is 5.92 Å². The largest absolute Gasteiger partial charge is 0.481 e. The summed E-state index contributed by atoms with van der Waals surface area (Å²) in [4.78, 5) is 24.1. The lowest BCUT2D eigenvalue weighted by Gasteiger charge is -2.29. The van der Waals surface area contributed by atoms with Crippen molar-refractivity contribution in [1.29, 1.82) is 0 Å². The smallest absolute Gasteiger partial charge is 0.303 e. The quantitative estimate of drug-likeness (QED) is 0.600. The van der Waals surface area contributed by atoms with E-state index in [4.69, 9.17) is 21.0 Å². The molecule has 2 atom stereocenters. The summed E-state index contributed by atoms with van der Waals surface area (Å²) in [6.07, 6.45) is 4.92. The second-order valence-corrected chi connectivity index (χ2v) is 4.33. The number of hydrogen-bond acceptors (Lipinski definition) is 4. The van der Waals surface area contributed by atoms with Crippen molar-refractivity contribution in [3.05, 3.63) is 0 Å². The molecule has 0 aromatic rings. The minimum atomic E-state index is -0.989. The van der Waals surface area contributed by atoms with Gasteiger partial charge in [0.1, 0.15) is 12.2 Å². The molecule has 6 heteroatoms. The first-order chi connectivity index (χ1) is 9.49. The van der Waals surface area contributed by atoms with Crippen LogP contribution in [0.25, 0.3) is 0 Å². The lowest BCUT2D eigenvalue weighted by Crippen LogP contribution is -2.44. The van der Waals surface area contributed by atoms with Crippen LogP contribution in [0.15, 0.2) is 0 Å². The van der Waals surface area contributed by atoms with Crippen LogP contribution >= 0.6 is 0 Å². The molecule has 0 rings (SSSR count). The maximum absolute atomic E-state index is 12.0. The monoisotopic (exact) mass is 285 g/mol. The molecule has 1 N–H and O–H groups in total. The standard InChI is InChI=1S/C14H23NO5/c1-5-9-15(13(16)7-8-14(17)18)10-12(20-4)11(6-2)19-3/h2,11-12H,5,7-10H2,1,3-4H3,(H,17,18)/t11-,12-/m0/s1. The Morgan fingerprint density at radius 3 is 2.35 bits per heavy atom. The molecule has 0 saturated heterocycles. The van der Waals surface area contributed by atoms with E-state index in [0.29, 0.717) is 6.54 Å². The number of carboxylic acid groups (broad SMARTS) is 1. The molecule has 0 bridgehead atoms. The number of carbonyl (C=O) groups is 2. The minimum Gasteiger partial charge on any atom is -0.481 e. The van der Waals surface area contributed by atoms with Gasteiger partial charge in [0.15, 0.2) is 0 Å². The minimum absolute atomic E-state index is 0.0283. The summed E-state index contributed by atoms with van der Waals surface area (Å²) in [7, 11) is 2.98. The molecule has 0 fully saturated rings. The Hall–Kier alpha value is -1.58. The van der Waals surface area contributed by atoms with Crippen molar-refractivity contribution in [2.24, 2.45) is 0 Å². The third kappa shape index (κ3) is 6.55. The second-order valence-electron chi connectivity index (χ2n) is 4.33. The zero-order valence-electron chi connectivity index (χ0n) is 12.3. The molecule has 0 radical (unpaired) electrons. The number of ether oxygens (including phenoxy) is 2. The summed E-state index contributed by atoms with van der Waals surface area (Å²) in [6.45, 7) is 2.75. The van der Waals surface area contributed by atoms with Crippen molar-refractivity contribution in [2.75, 3.05) is 27.3 Å². The third-order valence-electron chi connectivity index (χ3n) is 2.86. The number of carbonyl (C=O) groups excluding carboxylic acids is 1. The van der Waals surface area contributed by atoms with Crippen LogP contribution in [0.5, 0.6) is 0 Å². The van der Waals surface area contributed by atoms with E-state index in [-0.39, 0.29) is 25.3 Å². The highest BCUT2D eigenvalue weighted by molar-refractivity contribution is 5.80. The first-order valence-corrected chi connectivity index (χ1v) is 6.51. The first-order valence-electron chi connectivity index (χ1n) is 6.51. The molecule has 20 heavy (non-hydrogen) atoms. The van der Waals surface area contributed by atoms with Crippen molar-refractivity contribution < 1.29 is 24.2 Å². The van der Waals surface area contributed by atoms with Crippen LogP contribution in [0.3, 0.4) is 0 Å². The summed E-state index contributed by atoms with van der Waals surface area (Å²) in [5, 5.41) is 8.62. The van der Waals surface area contributed by atoms with Crippen LogP contribution in [0.1, 0.15) is 26.2 Å². The molecule has 0 aromatic heterocycles. The van der Waals surface area contributed by atoms with Gasteiger partial charge in [0.2, 0.25) is 5.91 Å². The van der Waals surface area contributed by atoms with E-state index in [1.54, 1.807) is 4.90 Å². The Morgan fingerprint density at radius 1 is 1.30 bits per heavy atom. The Labute approximate surface area is 120 Å². The van der Waals surface area contributed by atoms with E-state index < -0.39 is 18.2 Å². The SMILES string of the molecule is C#C[C@H](OC)[C@H](CN(CCC)C(=O)CCC(=O)O)OC. The summed E-state index contributed by atoms with van der Waals surface area (Å²) < 4.78 is 10.4. The average Bonchev–Trinajstić information content (AvgIpc) is 2.43. The number of amides is 1. The molecule has 0 heterocycles. The van der Waals surface area contributed by atoms with Gasteiger partial charge in [0.25, 0.3) is 0 Å². The lowest BCUT2D eigenvalue weighted by atomic mass is 10.1. The Balaban J connectivity index is 4.68. The van der Waals surface area contributed by atoms with Crippen molar-refractivity contribution >= 4 is 11.9 Å². The van der Waals surface area contributed by atoms with Gasteiger partial charge in [-0.1, -0.05) is 12.8 Å². The molecule has 1 amide bonds. The van der Waals surface area contributed by atoms with Crippen molar-refractivity contribution in [3.8, 4) is 12.3 Å². The highest BCUT2D eigenvalue weighted by atomic mass is 16.5. The zero-order chi connectivity index (χ0) is 15.5. The predicted octanol–water partition coefficient (Wildman–Crippen LogP) is 0.753. The third-order valence-corrected chi connectivity index (χ3v) is 2.86. The number of terminal acetylenes is 1. The molecule has 0 aliphatic heterocycles. The molecular weight excluding hydrogens is 262 g/mol. The van der Waals surface area contributed by atoms with Gasteiger partial charge in [0, 0.05) is 27.2 Å². The normalized spacial score (nSPS) is 13.3. The zero-order valence-corrected chi connectivity index (χ0v) is 12.3. The second kappa shape index (κ2) is 10.2. The number of hydrogen-bond donors (Lipinski definition) is 1. The van der Waals surface area contributed by atoms with Crippen molar-refractivity contribution in [2.45, 2.75) is 38.4 Å². The maximum Gasteiger partial charge on any atom is 0.303 e. The summed E-state index contributed by atoms with van der Waals surface area (Å²) in [6, 6.07) is 0. The fraction of sp³-hybridized carbons (Fsp3) is 0.714. The highest BCUT2D eigenvalue weighted by Crippen LogP contribution is 2.08. The van der Waals surface area contributed by atoms with Crippen LogP contribution in [0.2, 0.25) is 0 Å². The molecule has 114 valence electrons. The van der Waals surface area contributed by atoms with Crippen LogP contribution in [0.4, 0.5) is 0 Å². The summed E-state index contributed by atoms with van der Waals surface area (Å²) in [5.74, 6) is 1.25. The predicted molar refractivity (Wildman–Crippen MR) is 74.2 cm³/mol. The summed E-state index contributed by atoms with van der Waals surface area (Å²) >= 11 is 0. The lowest BCUT2D eigenvalue weighted by molar-refractivity contribution is -0.141. The van der Waals surface area contributed by atoms with Crippen molar-refractivity contribution in [3.63, 3.8) is 0 Å². The first kappa shape index (κ1) is 18.4. The molecule has 0 unspecified atom stereocenters. The number of methoxy groups -OCH3 is 2. The van der Waals surface area contributed by atoms with Crippen LogP contribution < -0.4 is 0 Å². The van der Waals surface area contributed by atoms with Gasteiger partial charge in [-0.25, -0.2) is 0 Å². The number of nitrogens with zero attached hydrogens (tertiary/aromatic N) is 1. The van der Waals surface area contributed by atoms with Gasteiger partial charge in [-0.15, -0.1) is 6.42 Å². The van der Waals surface area contributed by atoms with E-state index in [1.807, 2.05) is 6.92 Å². The fourth-order valence-electron chi connectivity index (χ4n) is 1.80. The Kier molecular flexibility index (Phi) is 9.43. The Morgan fingerprint density at radius 2 is 1.95 bits per heavy atom. The molecular formula is C14H23NO5.